The number of hydrogen-bond acceptors (Lipinski definition) is 4. The highest BCUT2D eigenvalue weighted by atomic mass is 35.5. The van der Waals surface area contributed by atoms with Crippen molar-refractivity contribution in [1.29, 1.82) is 0 Å². The van der Waals surface area contributed by atoms with Gasteiger partial charge in [0.05, 0.1) is 23.3 Å². The van der Waals surface area contributed by atoms with Gasteiger partial charge in [-0.1, -0.05) is 30.1 Å². The third kappa shape index (κ3) is 3.44. The van der Waals surface area contributed by atoms with Crippen molar-refractivity contribution in [1.82, 2.24) is 14.5 Å². The molecule has 1 aliphatic rings. The highest BCUT2D eigenvalue weighted by Gasteiger charge is 2.47. The minimum Gasteiger partial charge on any atom is -0.506 e. The summed E-state index contributed by atoms with van der Waals surface area (Å²) in [5.74, 6) is -1.63. The van der Waals surface area contributed by atoms with Gasteiger partial charge in [-0.25, -0.2) is 4.98 Å². The quantitative estimate of drug-likeness (QED) is 0.759. The van der Waals surface area contributed by atoms with Crippen molar-refractivity contribution >= 4 is 34.9 Å². The molecule has 8 heteroatoms. The Morgan fingerprint density at radius 3 is 2.65 bits per heavy atom. The number of rotatable bonds is 6. The van der Waals surface area contributed by atoms with Gasteiger partial charge >= 0.3 is 0 Å². The number of carbonyl (C=O) groups excluding carboxylic acids is 2. The number of aromatic nitrogens is 2. The van der Waals surface area contributed by atoms with Crippen molar-refractivity contribution in [2.45, 2.75) is 32.4 Å². The second kappa shape index (κ2) is 7.68. The van der Waals surface area contributed by atoms with E-state index >= 15 is 0 Å². The van der Waals surface area contributed by atoms with E-state index in [2.05, 4.69) is 4.98 Å². The van der Waals surface area contributed by atoms with E-state index in [-0.39, 0.29) is 10.8 Å². The summed E-state index contributed by atoms with van der Waals surface area (Å²) in [5.41, 5.74) is 0.413. The summed E-state index contributed by atoms with van der Waals surface area (Å²) in [5, 5.41) is 10.9. The zero-order valence-electron chi connectivity index (χ0n) is 14.2. The molecule has 1 fully saturated rings. The van der Waals surface area contributed by atoms with Gasteiger partial charge in [0.15, 0.2) is 0 Å². The van der Waals surface area contributed by atoms with Crippen LogP contribution in [0.25, 0.3) is 0 Å². The molecule has 6 nitrogen and oxygen atoms in total. The third-order valence-corrected chi connectivity index (χ3v) is 5.22. The monoisotopic (exact) mass is 395 g/mol. The van der Waals surface area contributed by atoms with Gasteiger partial charge in [0, 0.05) is 36.1 Å². The molecule has 1 N–H and O–H groups in total. The maximum atomic E-state index is 12.5. The zero-order chi connectivity index (χ0) is 18.8. The van der Waals surface area contributed by atoms with E-state index in [0.29, 0.717) is 36.5 Å². The van der Waals surface area contributed by atoms with Crippen LogP contribution < -0.4 is 0 Å². The van der Waals surface area contributed by atoms with Crippen molar-refractivity contribution in [3.8, 4) is 5.75 Å². The summed E-state index contributed by atoms with van der Waals surface area (Å²) in [6.45, 7) is 2.90. The molecule has 2 unspecified atom stereocenters. The van der Waals surface area contributed by atoms with E-state index in [1.165, 1.54) is 11.0 Å². The molecule has 1 aliphatic heterocycles. The number of amides is 1. The Morgan fingerprint density at radius 1 is 1.23 bits per heavy atom. The van der Waals surface area contributed by atoms with E-state index in [9.17, 15) is 14.7 Å². The first-order valence-electron chi connectivity index (χ1n) is 8.42. The second-order valence-electron chi connectivity index (χ2n) is 6.30. The van der Waals surface area contributed by atoms with Crippen LogP contribution in [-0.4, -0.2) is 37.8 Å². The number of carbonyl (C=O) groups is 2. The van der Waals surface area contributed by atoms with Crippen molar-refractivity contribution in [2.24, 2.45) is 5.92 Å². The number of Topliss-reactive ketones (excluding diaryl/α,β-unsaturated/α-hetero) is 1. The summed E-state index contributed by atoms with van der Waals surface area (Å²) < 4.78 is 1.91. The summed E-state index contributed by atoms with van der Waals surface area (Å²) in [6, 6.07) is 2.44. The lowest BCUT2D eigenvalue weighted by Gasteiger charge is -2.28. The first-order valence-corrected chi connectivity index (χ1v) is 9.18. The van der Waals surface area contributed by atoms with Crippen LogP contribution in [0.15, 0.2) is 30.9 Å². The first kappa shape index (κ1) is 18.7. The largest absolute Gasteiger partial charge is 0.506 e. The molecule has 2 heterocycles. The van der Waals surface area contributed by atoms with E-state index < -0.39 is 23.7 Å². The predicted molar refractivity (Wildman–Crippen MR) is 98.2 cm³/mol. The Kier molecular flexibility index (Phi) is 5.53. The Bertz CT molecular complexity index is 823. The third-order valence-electron chi connectivity index (χ3n) is 4.72. The maximum absolute atomic E-state index is 12.5. The van der Waals surface area contributed by atoms with Crippen LogP contribution in [0.5, 0.6) is 5.75 Å². The minimum atomic E-state index is -0.570. The average molecular weight is 396 g/mol. The normalized spacial score (nSPS) is 20.2. The summed E-state index contributed by atoms with van der Waals surface area (Å²) in [4.78, 5) is 30.5. The Balaban J connectivity index is 1.90. The zero-order valence-corrected chi connectivity index (χ0v) is 15.7. The van der Waals surface area contributed by atoms with Gasteiger partial charge in [-0.2, -0.15) is 0 Å². The molecule has 0 spiro atoms. The van der Waals surface area contributed by atoms with Crippen LogP contribution in [-0.2, 0) is 16.1 Å². The lowest BCUT2D eigenvalue weighted by Crippen LogP contribution is -2.31. The fourth-order valence-electron chi connectivity index (χ4n) is 3.47. The molecule has 0 saturated carbocycles. The van der Waals surface area contributed by atoms with E-state index in [0.717, 1.165) is 0 Å². The minimum absolute atomic E-state index is 0.104. The molecule has 3 rings (SSSR count). The molecule has 2 atom stereocenters. The number of imidazole rings is 1. The second-order valence-corrected chi connectivity index (χ2v) is 7.15. The van der Waals surface area contributed by atoms with Crippen molar-refractivity contribution in [2.75, 3.05) is 6.54 Å². The number of nitrogens with zero attached hydrogens (tertiary/aromatic N) is 3. The van der Waals surface area contributed by atoms with Crippen LogP contribution in [0, 0.1) is 5.92 Å². The number of ketones is 1. The SMILES string of the molecule is CCC1C(=O)C(=O)N(CCCn2ccnc2)C1c1cc(Cl)cc(Cl)c1O. The van der Waals surface area contributed by atoms with Gasteiger partial charge in [-0.15, -0.1) is 0 Å². The molecule has 26 heavy (non-hydrogen) atoms. The van der Waals surface area contributed by atoms with Crippen molar-refractivity contribution < 1.29 is 14.7 Å². The number of likely N-dealkylation sites (tertiary alicyclic amines) is 1. The topological polar surface area (TPSA) is 75.4 Å². The predicted octanol–water partition coefficient (Wildman–Crippen LogP) is 3.46. The average Bonchev–Trinajstić information content (AvgIpc) is 3.20. The number of hydrogen-bond donors (Lipinski definition) is 1. The fourth-order valence-corrected chi connectivity index (χ4v) is 3.98. The summed E-state index contributed by atoms with van der Waals surface area (Å²) >= 11 is 12.1. The molecular weight excluding hydrogens is 377 g/mol. The van der Waals surface area contributed by atoms with Crippen molar-refractivity contribution in [3.63, 3.8) is 0 Å². The molecule has 138 valence electrons. The molecule has 1 amide bonds. The van der Waals surface area contributed by atoms with Crippen LogP contribution in [0.3, 0.4) is 0 Å². The molecule has 0 bridgehead atoms. The highest BCUT2D eigenvalue weighted by Crippen LogP contribution is 2.44. The van der Waals surface area contributed by atoms with E-state index in [1.807, 2.05) is 17.7 Å². The number of phenolic OH excluding ortho intramolecular Hbond substituents is 1. The first-order chi connectivity index (χ1) is 12.4. The van der Waals surface area contributed by atoms with Crippen LogP contribution in [0.1, 0.15) is 31.4 Å². The maximum Gasteiger partial charge on any atom is 0.290 e. The van der Waals surface area contributed by atoms with Gasteiger partial charge in [0.25, 0.3) is 5.91 Å². The van der Waals surface area contributed by atoms with E-state index in [4.69, 9.17) is 23.2 Å². The smallest absolute Gasteiger partial charge is 0.290 e. The van der Waals surface area contributed by atoms with Gasteiger partial charge in [0.2, 0.25) is 5.78 Å². The lowest BCUT2D eigenvalue weighted by atomic mass is 9.90. The molecule has 1 aromatic heterocycles. The number of aryl methyl sites for hydroxylation is 1. The molecule has 2 aromatic rings. The standard InChI is InChI=1S/C18H19Cl2N3O3/c1-2-12-15(13-8-11(19)9-14(20)16(13)24)23(18(26)17(12)25)6-3-5-22-7-4-21-10-22/h4,7-10,12,15,24H,2-3,5-6H2,1H3. The Morgan fingerprint density at radius 2 is 2.00 bits per heavy atom. The van der Waals surface area contributed by atoms with Crippen molar-refractivity contribution in [3.05, 3.63) is 46.5 Å². The summed E-state index contributed by atoms with van der Waals surface area (Å²) in [7, 11) is 0. The number of aromatic hydroxyl groups is 1. The van der Waals surface area contributed by atoms with Gasteiger partial charge < -0.3 is 14.6 Å². The van der Waals surface area contributed by atoms with Crippen LogP contribution in [0.2, 0.25) is 10.0 Å². The summed E-state index contributed by atoms with van der Waals surface area (Å²) in [6.07, 6.45) is 6.36. The van der Waals surface area contributed by atoms with Crippen LogP contribution >= 0.6 is 23.2 Å². The lowest BCUT2D eigenvalue weighted by molar-refractivity contribution is -0.141. The molecular formula is C18H19Cl2N3O3. The number of benzene rings is 1. The molecule has 1 saturated heterocycles. The van der Waals surface area contributed by atoms with Crippen LogP contribution in [0.4, 0.5) is 0 Å². The molecule has 0 aliphatic carbocycles. The van der Waals surface area contributed by atoms with E-state index in [1.54, 1.807) is 18.6 Å². The number of halogens is 2. The Hall–Kier alpha value is -2.05. The highest BCUT2D eigenvalue weighted by molar-refractivity contribution is 6.39. The fraction of sp³-hybridized carbons (Fsp3) is 0.389. The van der Waals surface area contributed by atoms with Gasteiger partial charge in [0.1, 0.15) is 5.75 Å². The number of phenols is 1. The van der Waals surface area contributed by atoms with Gasteiger partial charge in [-0.05, 0) is 25.0 Å². The Labute approximate surface area is 161 Å². The molecule has 1 aromatic carbocycles. The molecule has 0 radical (unpaired) electrons. The van der Waals surface area contributed by atoms with Gasteiger partial charge in [-0.3, -0.25) is 9.59 Å².